The number of ether oxygens (including phenoxy) is 2. The zero-order valence-corrected chi connectivity index (χ0v) is 13.4. The molecule has 1 unspecified atom stereocenters. The summed E-state index contributed by atoms with van der Waals surface area (Å²) in [5.41, 5.74) is 1.06. The van der Waals surface area contributed by atoms with Gasteiger partial charge in [-0.3, -0.25) is 9.69 Å². The van der Waals surface area contributed by atoms with E-state index in [0.29, 0.717) is 11.4 Å². The van der Waals surface area contributed by atoms with Crippen molar-refractivity contribution in [2.45, 2.75) is 38.3 Å². The molecule has 5 heteroatoms. The molecule has 1 atom stereocenters. The maximum atomic E-state index is 11.6. The number of piperidine rings is 1. The van der Waals surface area contributed by atoms with E-state index in [1.807, 2.05) is 18.2 Å². The molecule has 2 rings (SSSR count). The highest BCUT2D eigenvalue weighted by molar-refractivity contribution is 6.30. The minimum atomic E-state index is -0.148. The first-order chi connectivity index (χ1) is 10.1. The number of hydrogen-bond donors (Lipinski definition) is 0. The van der Waals surface area contributed by atoms with Crippen LogP contribution in [-0.2, 0) is 16.1 Å². The first-order valence-corrected chi connectivity index (χ1v) is 7.65. The molecule has 1 saturated heterocycles. The average molecular weight is 312 g/mol. The SMILES string of the molecule is COC(=O)CC1CCCCN1Cc1cc(Cl)ccc1OC. The fourth-order valence-corrected chi connectivity index (χ4v) is 3.06. The highest BCUT2D eigenvalue weighted by atomic mass is 35.5. The summed E-state index contributed by atoms with van der Waals surface area (Å²) in [4.78, 5) is 13.9. The molecule has 1 aromatic rings. The fourth-order valence-electron chi connectivity index (χ4n) is 2.86. The standard InChI is InChI=1S/C16H22ClNO3/c1-20-15-7-6-13(17)9-12(15)11-18-8-4-3-5-14(18)10-16(19)21-2/h6-7,9,14H,3-5,8,10-11H2,1-2H3. The van der Waals surface area contributed by atoms with E-state index in [9.17, 15) is 4.79 Å². The van der Waals surface area contributed by atoms with Gasteiger partial charge in [0, 0.05) is 23.2 Å². The summed E-state index contributed by atoms with van der Waals surface area (Å²) in [5, 5.41) is 0.701. The van der Waals surface area contributed by atoms with Gasteiger partial charge in [0.15, 0.2) is 0 Å². The second kappa shape index (κ2) is 7.66. The summed E-state index contributed by atoms with van der Waals surface area (Å²) < 4.78 is 10.2. The highest BCUT2D eigenvalue weighted by Gasteiger charge is 2.25. The molecule has 0 spiro atoms. The third-order valence-electron chi connectivity index (χ3n) is 3.99. The van der Waals surface area contributed by atoms with Crippen molar-refractivity contribution >= 4 is 17.6 Å². The number of esters is 1. The molecule has 0 saturated carbocycles. The number of nitrogens with zero attached hydrogens (tertiary/aromatic N) is 1. The second-order valence-electron chi connectivity index (χ2n) is 5.36. The monoisotopic (exact) mass is 311 g/mol. The van der Waals surface area contributed by atoms with Gasteiger partial charge >= 0.3 is 5.97 Å². The van der Waals surface area contributed by atoms with Crippen LogP contribution < -0.4 is 4.74 Å². The Morgan fingerprint density at radius 1 is 1.38 bits per heavy atom. The van der Waals surface area contributed by atoms with Gasteiger partial charge in [0.25, 0.3) is 0 Å². The largest absolute Gasteiger partial charge is 0.496 e. The summed E-state index contributed by atoms with van der Waals surface area (Å²) in [6.45, 7) is 1.72. The molecule has 0 N–H and O–H groups in total. The molecule has 0 radical (unpaired) electrons. The van der Waals surface area contributed by atoms with Gasteiger partial charge in [-0.25, -0.2) is 0 Å². The van der Waals surface area contributed by atoms with Crippen molar-refractivity contribution in [3.05, 3.63) is 28.8 Å². The third-order valence-corrected chi connectivity index (χ3v) is 4.23. The Kier molecular flexibility index (Phi) is 5.88. The van der Waals surface area contributed by atoms with Crippen molar-refractivity contribution in [1.29, 1.82) is 0 Å². The molecular weight excluding hydrogens is 290 g/mol. The van der Waals surface area contributed by atoms with Crippen LogP contribution in [0.3, 0.4) is 0 Å². The lowest BCUT2D eigenvalue weighted by Gasteiger charge is -2.35. The number of halogens is 1. The number of benzene rings is 1. The summed E-state index contributed by atoms with van der Waals surface area (Å²) in [6, 6.07) is 5.88. The van der Waals surface area contributed by atoms with Crippen LogP contribution in [0.25, 0.3) is 0 Å². The third kappa shape index (κ3) is 4.35. The van der Waals surface area contributed by atoms with Gasteiger partial charge in [-0.1, -0.05) is 18.0 Å². The zero-order chi connectivity index (χ0) is 15.2. The molecule has 1 aliphatic heterocycles. The van der Waals surface area contributed by atoms with E-state index in [2.05, 4.69) is 4.90 Å². The molecule has 1 aliphatic rings. The van der Waals surface area contributed by atoms with Gasteiger partial charge in [0.1, 0.15) is 5.75 Å². The predicted octanol–water partition coefficient (Wildman–Crippen LogP) is 3.27. The fraction of sp³-hybridized carbons (Fsp3) is 0.562. The summed E-state index contributed by atoms with van der Waals surface area (Å²) in [5.74, 6) is 0.687. The van der Waals surface area contributed by atoms with Crippen molar-refractivity contribution in [3.63, 3.8) is 0 Å². The van der Waals surface area contributed by atoms with Crippen molar-refractivity contribution in [2.75, 3.05) is 20.8 Å². The van der Waals surface area contributed by atoms with Crippen LogP contribution in [-0.4, -0.2) is 37.7 Å². The lowest BCUT2D eigenvalue weighted by atomic mass is 9.98. The average Bonchev–Trinajstić information content (AvgIpc) is 2.49. The summed E-state index contributed by atoms with van der Waals surface area (Å²) in [6.07, 6.45) is 3.78. The molecule has 1 aromatic carbocycles. The van der Waals surface area contributed by atoms with Gasteiger partial charge in [-0.05, 0) is 37.6 Å². The Balaban J connectivity index is 2.11. The van der Waals surface area contributed by atoms with E-state index < -0.39 is 0 Å². The Bertz CT molecular complexity index is 492. The van der Waals surface area contributed by atoms with E-state index in [1.54, 1.807) is 7.11 Å². The van der Waals surface area contributed by atoms with Crippen LogP contribution in [0.2, 0.25) is 5.02 Å². The molecule has 1 fully saturated rings. The van der Waals surface area contributed by atoms with Crippen LogP contribution in [0.1, 0.15) is 31.2 Å². The number of carbonyl (C=O) groups excluding carboxylic acids is 1. The van der Waals surface area contributed by atoms with Gasteiger partial charge < -0.3 is 9.47 Å². The van der Waals surface area contributed by atoms with Crippen molar-refractivity contribution in [1.82, 2.24) is 4.90 Å². The normalized spacial score (nSPS) is 19.3. The van der Waals surface area contributed by atoms with Crippen LogP contribution in [0.5, 0.6) is 5.75 Å². The quantitative estimate of drug-likeness (QED) is 0.782. The number of hydrogen-bond acceptors (Lipinski definition) is 4. The smallest absolute Gasteiger partial charge is 0.307 e. The molecule has 116 valence electrons. The molecule has 21 heavy (non-hydrogen) atoms. The van der Waals surface area contributed by atoms with Crippen LogP contribution >= 0.6 is 11.6 Å². The number of carbonyl (C=O) groups is 1. The van der Waals surface area contributed by atoms with Crippen LogP contribution in [0, 0.1) is 0 Å². The van der Waals surface area contributed by atoms with E-state index in [-0.39, 0.29) is 12.0 Å². The lowest BCUT2D eigenvalue weighted by molar-refractivity contribution is -0.142. The second-order valence-corrected chi connectivity index (χ2v) is 5.79. The molecule has 0 amide bonds. The molecule has 1 heterocycles. The molecule has 0 aliphatic carbocycles. The van der Waals surface area contributed by atoms with Gasteiger partial charge in [0.05, 0.1) is 20.6 Å². The minimum absolute atomic E-state index is 0.148. The molecule has 0 bridgehead atoms. The van der Waals surface area contributed by atoms with Gasteiger partial charge in [-0.15, -0.1) is 0 Å². The first-order valence-electron chi connectivity index (χ1n) is 7.27. The topological polar surface area (TPSA) is 38.8 Å². The Morgan fingerprint density at radius 3 is 2.90 bits per heavy atom. The number of rotatable bonds is 5. The van der Waals surface area contributed by atoms with Gasteiger partial charge in [0.2, 0.25) is 0 Å². The maximum absolute atomic E-state index is 11.6. The van der Waals surface area contributed by atoms with E-state index in [0.717, 1.165) is 43.7 Å². The lowest BCUT2D eigenvalue weighted by Crippen LogP contribution is -2.40. The minimum Gasteiger partial charge on any atom is -0.496 e. The summed E-state index contributed by atoms with van der Waals surface area (Å²) in [7, 11) is 3.10. The molecule has 4 nitrogen and oxygen atoms in total. The zero-order valence-electron chi connectivity index (χ0n) is 12.6. The van der Waals surface area contributed by atoms with Gasteiger partial charge in [-0.2, -0.15) is 0 Å². The van der Waals surface area contributed by atoms with Crippen molar-refractivity contribution in [3.8, 4) is 5.75 Å². The van der Waals surface area contributed by atoms with E-state index >= 15 is 0 Å². The maximum Gasteiger partial charge on any atom is 0.307 e. The number of likely N-dealkylation sites (tertiary alicyclic amines) is 1. The molecular formula is C16H22ClNO3. The Morgan fingerprint density at radius 2 is 2.19 bits per heavy atom. The first kappa shape index (κ1) is 16.1. The number of methoxy groups -OCH3 is 2. The van der Waals surface area contributed by atoms with E-state index in [4.69, 9.17) is 21.1 Å². The van der Waals surface area contributed by atoms with Crippen LogP contribution in [0.15, 0.2) is 18.2 Å². The summed E-state index contributed by atoms with van der Waals surface area (Å²) >= 11 is 6.09. The highest BCUT2D eigenvalue weighted by Crippen LogP contribution is 2.28. The predicted molar refractivity (Wildman–Crippen MR) is 82.7 cm³/mol. The van der Waals surface area contributed by atoms with Crippen LogP contribution in [0.4, 0.5) is 0 Å². The van der Waals surface area contributed by atoms with Crippen molar-refractivity contribution in [2.24, 2.45) is 0 Å². The van der Waals surface area contributed by atoms with E-state index in [1.165, 1.54) is 7.11 Å². The Hall–Kier alpha value is -1.26. The molecule has 0 aromatic heterocycles. The van der Waals surface area contributed by atoms with Crippen molar-refractivity contribution < 1.29 is 14.3 Å². The Labute approximate surface area is 131 Å².